The first-order valence-corrected chi connectivity index (χ1v) is 5.96. The third kappa shape index (κ3) is 5.56. The van der Waals surface area contributed by atoms with Crippen molar-refractivity contribution in [2.24, 2.45) is 0 Å². The zero-order valence-electron chi connectivity index (χ0n) is 10.6. The number of nitrogens with one attached hydrogen (secondary N) is 1. The Bertz CT molecular complexity index is 316. The van der Waals surface area contributed by atoms with Crippen LogP contribution in [0.15, 0.2) is 24.3 Å². The predicted molar refractivity (Wildman–Crippen MR) is 70.8 cm³/mol. The fraction of sp³-hybridized carbons (Fsp3) is 0.538. The van der Waals surface area contributed by atoms with Gasteiger partial charge in [-0.25, -0.2) is 0 Å². The highest BCUT2D eigenvalue weighted by molar-refractivity contribution is 5.49. The van der Waals surface area contributed by atoms with Crippen LogP contribution in [0.1, 0.15) is 6.42 Å². The molecule has 0 unspecified atom stereocenters. The van der Waals surface area contributed by atoms with Gasteiger partial charge in [-0.2, -0.15) is 0 Å². The van der Waals surface area contributed by atoms with Crippen molar-refractivity contribution in [3.05, 3.63) is 24.3 Å². The van der Waals surface area contributed by atoms with Crippen LogP contribution in [0.5, 0.6) is 5.75 Å². The number of ether oxygens (including phenoxy) is 1. The topological polar surface area (TPSA) is 44.7 Å². The van der Waals surface area contributed by atoms with Gasteiger partial charge in [-0.1, -0.05) is 6.07 Å². The molecule has 0 spiro atoms. The highest BCUT2D eigenvalue weighted by atomic mass is 16.5. The Morgan fingerprint density at radius 3 is 2.82 bits per heavy atom. The van der Waals surface area contributed by atoms with Gasteiger partial charge in [-0.15, -0.1) is 0 Å². The Labute approximate surface area is 103 Å². The van der Waals surface area contributed by atoms with Crippen LogP contribution >= 0.6 is 0 Å². The maximum atomic E-state index is 8.58. The summed E-state index contributed by atoms with van der Waals surface area (Å²) in [5.74, 6) is 0.901. The first-order chi connectivity index (χ1) is 8.24. The summed E-state index contributed by atoms with van der Waals surface area (Å²) >= 11 is 0. The van der Waals surface area contributed by atoms with E-state index in [4.69, 9.17) is 9.84 Å². The molecule has 17 heavy (non-hydrogen) atoms. The van der Waals surface area contributed by atoms with E-state index in [-0.39, 0.29) is 6.61 Å². The molecule has 0 saturated heterocycles. The molecule has 4 heteroatoms. The van der Waals surface area contributed by atoms with Gasteiger partial charge in [-0.3, -0.25) is 0 Å². The number of hydrogen-bond acceptors (Lipinski definition) is 4. The second kappa shape index (κ2) is 7.92. The predicted octanol–water partition coefficient (Wildman–Crippen LogP) is 1.10. The molecule has 0 heterocycles. The molecule has 2 N–H and O–H groups in total. The second-order valence-electron chi connectivity index (χ2n) is 4.07. The van der Waals surface area contributed by atoms with Crippen LogP contribution in [0, 0.1) is 0 Å². The largest absolute Gasteiger partial charge is 0.493 e. The van der Waals surface area contributed by atoms with E-state index >= 15 is 0 Å². The second-order valence-corrected chi connectivity index (χ2v) is 4.07. The molecule has 0 atom stereocenters. The van der Waals surface area contributed by atoms with Gasteiger partial charge in [0.2, 0.25) is 0 Å². The van der Waals surface area contributed by atoms with Gasteiger partial charge in [-0.05, 0) is 25.1 Å². The van der Waals surface area contributed by atoms with Crippen molar-refractivity contribution < 1.29 is 9.84 Å². The van der Waals surface area contributed by atoms with Gasteiger partial charge in [0.25, 0.3) is 0 Å². The maximum Gasteiger partial charge on any atom is 0.121 e. The van der Waals surface area contributed by atoms with Crippen molar-refractivity contribution in [1.29, 1.82) is 0 Å². The average Bonchev–Trinajstić information content (AvgIpc) is 2.34. The molecular formula is C13H22N2O2. The fourth-order valence-corrected chi connectivity index (χ4v) is 1.44. The molecule has 0 aliphatic rings. The Morgan fingerprint density at radius 2 is 2.12 bits per heavy atom. The van der Waals surface area contributed by atoms with Gasteiger partial charge >= 0.3 is 0 Å². The summed E-state index contributed by atoms with van der Waals surface area (Å²) in [5.41, 5.74) is 1.14. The number of aliphatic hydroxyl groups is 1. The van der Waals surface area contributed by atoms with E-state index in [1.807, 2.05) is 32.3 Å². The molecule has 0 amide bonds. The van der Waals surface area contributed by atoms with Crippen LogP contribution in [0.25, 0.3) is 0 Å². The summed E-state index contributed by atoms with van der Waals surface area (Å²) in [5, 5.41) is 11.7. The van der Waals surface area contributed by atoms with E-state index in [0.717, 1.165) is 24.4 Å². The van der Waals surface area contributed by atoms with Crippen LogP contribution in [-0.4, -0.2) is 45.5 Å². The van der Waals surface area contributed by atoms with Gasteiger partial charge < -0.3 is 20.1 Å². The lowest BCUT2D eigenvalue weighted by molar-refractivity contribution is 0.282. The normalized spacial score (nSPS) is 10.3. The summed E-state index contributed by atoms with van der Waals surface area (Å²) in [6, 6.07) is 8.04. The third-order valence-corrected chi connectivity index (χ3v) is 2.39. The average molecular weight is 238 g/mol. The minimum Gasteiger partial charge on any atom is -0.493 e. The Kier molecular flexibility index (Phi) is 6.43. The van der Waals surface area contributed by atoms with E-state index in [0.29, 0.717) is 13.2 Å². The van der Waals surface area contributed by atoms with Gasteiger partial charge in [0.15, 0.2) is 0 Å². The first kappa shape index (κ1) is 13.8. The number of aliphatic hydroxyl groups excluding tert-OH is 1. The van der Waals surface area contributed by atoms with Crippen LogP contribution in [-0.2, 0) is 0 Å². The molecule has 1 aromatic rings. The molecule has 0 radical (unpaired) electrons. The number of rotatable bonds is 8. The van der Waals surface area contributed by atoms with Gasteiger partial charge in [0, 0.05) is 32.4 Å². The lowest BCUT2D eigenvalue weighted by atomic mass is 10.3. The van der Waals surface area contributed by atoms with Gasteiger partial charge in [0.05, 0.1) is 13.2 Å². The molecule has 0 aliphatic carbocycles. The van der Waals surface area contributed by atoms with Crippen molar-refractivity contribution in [1.82, 2.24) is 5.32 Å². The molecular weight excluding hydrogens is 216 g/mol. The summed E-state index contributed by atoms with van der Waals surface area (Å²) in [4.78, 5) is 2.05. The van der Waals surface area contributed by atoms with Crippen molar-refractivity contribution in [3.8, 4) is 5.75 Å². The third-order valence-electron chi connectivity index (χ3n) is 2.39. The minimum atomic E-state index is 0.186. The number of nitrogens with zero attached hydrogens (tertiary/aromatic N) is 1. The number of anilines is 1. The lowest BCUT2D eigenvalue weighted by Gasteiger charge is -2.14. The summed E-state index contributed by atoms with van der Waals surface area (Å²) in [6.07, 6.45) is 0.937. The van der Waals surface area contributed by atoms with Crippen molar-refractivity contribution in [3.63, 3.8) is 0 Å². The van der Waals surface area contributed by atoms with E-state index in [1.54, 1.807) is 0 Å². The minimum absolute atomic E-state index is 0.186. The molecule has 0 aromatic heterocycles. The van der Waals surface area contributed by atoms with Crippen LogP contribution in [0.4, 0.5) is 5.69 Å². The van der Waals surface area contributed by atoms with E-state index < -0.39 is 0 Å². The fourth-order valence-electron chi connectivity index (χ4n) is 1.44. The maximum absolute atomic E-state index is 8.58. The summed E-state index contributed by atoms with van der Waals surface area (Å²) in [6.45, 7) is 2.39. The highest BCUT2D eigenvalue weighted by Crippen LogP contribution is 2.19. The Morgan fingerprint density at radius 1 is 1.29 bits per heavy atom. The van der Waals surface area contributed by atoms with Crippen molar-refractivity contribution >= 4 is 5.69 Å². The van der Waals surface area contributed by atoms with Crippen LogP contribution in [0.2, 0.25) is 0 Å². The van der Waals surface area contributed by atoms with E-state index in [1.165, 1.54) is 0 Å². The van der Waals surface area contributed by atoms with Gasteiger partial charge in [0.1, 0.15) is 5.75 Å². The molecule has 0 aliphatic heterocycles. The number of benzene rings is 1. The molecule has 0 bridgehead atoms. The molecule has 4 nitrogen and oxygen atoms in total. The molecule has 96 valence electrons. The number of hydrogen-bond donors (Lipinski definition) is 2. The summed E-state index contributed by atoms with van der Waals surface area (Å²) < 4.78 is 5.65. The zero-order valence-corrected chi connectivity index (χ0v) is 10.6. The lowest BCUT2D eigenvalue weighted by Crippen LogP contribution is -2.20. The summed E-state index contributed by atoms with van der Waals surface area (Å²) in [7, 11) is 4.02. The van der Waals surface area contributed by atoms with Crippen LogP contribution in [0.3, 0.4) is 0 Å². The van der Waals surface area contributed by atoms with Crippen molar-refractivity contribution in [2.45, 2.75) is 6.42 Å². The first-order valence-electron chi connectivity index (χ1n) is 5.96. The van der Waals surface area contributed by atoms with Crippen molar-refractivity contribution in [2.75, 3.05) is 45.3 Å². The molecule has 1 rings (SSSR count). The SMILES string of the molecule is CN(C)c1cccc(OCCCNCCO)c1. The zero-order chi connectivity index (χ0) is 12.5. The molecule has 0 saturated carbocycles. The molecule has 0 fully saturated rings. The smallest absolute Gasteiger partial charge is 0.121 e. The Balaban J connectivity index is 2.24. The monoisotopic (exact) mass is 238 g/mol. The standard InChI is InChI=1S/C13H22N2O2/c1-15(2)12-5-3-6-13(11-12)17-10-4-7-14-8-9-16/h3,5-6,11,14,16H,4,7-10H2,1-2H3. The Hall–Kier alpha value is -1.26. The van der Waals surface area contributed by atoms with E-state index in [2.05, 4.69) is 16.3 Å². The quantitative estimate of drug-likeness (QED) is 0.666. The van der Waals surface area contributed by atoms with Crippen LogP contribution < -0.4 is 15.0 Å². The highest BCUT2D eigenvalue weighted by Gasteiger charge is 1.98. The molecule has 1 aromatic carbocycles. The van der Waals surface area contributed by atoms with E-state index in [9.17, 15) is 0 Å².